The van der Waals surface area contributed by atoms with Crippen molar-refractivity contribution in [1.82, 2.24) is 0 Å². The van der Waals surface area contributed by atoms with Crippen LogP contribution >= 0.6 is 0 Å². The first-order valence-corrected chi connectivity index (χ1v) is 26.3. The molecule has 0 aliphatic rings. The average Bonchev–Trinajstić information content (AvgIpc) is 3.27. The van der Waals surface area contributed by atoms with E-state index in [1.165, 1.54) is 128 Å². The highest BCUT2D eigenvalue weighted by atomic mass is 16.6. The van der Waals surface area contributed by atoms with Crippen LogP contribution in [0.25, 0.3) is 0 Å². The molecule has 0 saturated carbocycles. The van der Waals surface area contributed by atoms with Gasteiger partial charge in [-0.15, -0.1) is 0 Å². The van der Waals surface area contributed by atoms with Crippen molar-refractivity contribution in [3.05, 3.63) is 60.8 Å². The van der Waals surface area contributed by atoms with Crippen LogP contribution in [0.2, 0.25) is 0 Å². The van der Waals surface area contributed by atoms with Crippen molar-refractivity contribution in [2.24, 2.45) is 0 Å². The lowest BCUT2D eigenvalue weighted by Gasteiger charge is -2.18. The van der Waals surface area contributed by atoms with Crippen LogP contribution in [0, 0.1) is 0 Å². The summed E-state index contributed by atoms with van der Waals surface area (Å²) in [5, 5.41) is 0. The second-order valence-electron chi connectivity index (χ2n) is 17.4. The first-order chi connectivity index (χ1) is 30.5. The molecule has 0 amide bonds. The van der Waals surface area contributed by atoms with Gasteiger partial charge in [0.05, 0.1) is 0 Å². The Kier molecular flexibility index (Phi) is 48.4. The summed E-state index contributed by atoms with van der Waals surface area (Å²) < 4.78 is 16.7. The number of carbonyl (C=O) groups excluding carboxylic acids is 3. The van der Waals surface area contributed by atoms with Crippen LogP contribution in [0.3, 0.4) is 0 Å². The van der Waals surface area contributed by atoms with Crippen LogP contribution in [0.1, 0.15) is 258 Å². The van der Waals surface area contributed by atoms with Gasteiger partial charge in [0.15, 0.2) is 6.10 Å². The molecule has 0 spiro atoms. The van der Waals surface area contributed by atoms with Crippen molar-refractivity contribution >= 4 is 17.9 Å². The Morgan fingerprint density at radius 3 is 1.11 bits per heavy atom. The predicted molar refractivity (Wildman–Crippen MR) is 265 cm³/mol. The summed E-state index contributed by atoms with van der Waals surface area (Å²) in [6.07, 6.45) is 62.2. The Balaban J connectivity index is 4.35. The van der Waals surface area contributed by atoms with Gasteiger partial charge in [-0.2, -0.15) is 0 Å². The van der Waals surface area contributed by atoms with Gasteiger partial charge in [-0.05, 0) is 96.3 Å². The van der Waals surface area contributed by atoms with Gasteiger partial charge in [-0.1, -0.05) is 204 Å². The maximum atomic E-state index is 12.8. The van der Waals surface area contributed by atoms with E-state index in [0.717, 1.165) is 89.9 Å². The average molecular weight is 867 g/mol. The van der Waals surface area contributed by atoms with Crippen LogP contribution in [-0.2, 0) is 28.6 Å². The number of carbonyl (C=O) groups is 3. The Labute approximate surface area is 383 Å². The zero-order valence-corrected chi connectivity index (χ0v) is 40.9. The van der Waals surface area contributed by atoms with Crippen molar-refractivity contribution in [2.75, 3.05) is 13.2 Å². The maximum absolute atomic E-state index is 12.8. The lowest BCUT2D eigenvalue weighted by molar-refractivity contribution is -0.167. The molecule has 358 valence electrons. The molecule has 0 bridgehead atoms. The number of unbranched alkanes of at least 4 members (excludes halogenated alkanes) is 27. The summed E-state index contributed by atoms with van der Waals surface area (Å²) in [5.74, 6) is -0.946. The topological polar surface area (TPSA) is 78.9 Å². The third kappa shape index (κ3) is 48.1. The van der Waals surface area contributed by atoms with E-state index in [2.05, 4.69) is 81.5 Å². The second-order valence-corrected chi connectivity index (χ2v) is 17.4. The molecule has 0 aromatic heterocycles. The fourth-order valence-electron chi connectivity index (χ4n) is 7.29. The van der Waals surface area contributed by atoms with E-state index in [1.807, 2.05) is 0 Å². The second kappa shape index (κ2) is 50.8. The molecule has 0 aliphatic heterocycles. The third-order valence-electron chi connectivity index (χ3n) is 11.3. The molecule has 0 N–H and O–H groups in total. The van der Waals surface area contributed by atoms with E-state index >= 15 is 0 Å². The van der Waals surface area contributed by atoms with Gasteiger partial charge >= 0.3 is 17.9 Å². The van der Waals surface area contributed by atoms with Crippen LogP contribution in [0.5, 0.6) is 0 Å². The molecule has 6 heteroatoms. The Bertz CT molecular complexity index is 1130. The van der Waals surface area contributed by atoms with Crippen LogP contribution in [0.15, 0.2) is 60.8 Å². The number of hydrogen-bond acceptors (Lipinski definition) is 6. The van der Waals surface area contributed by atoms with Gasteiger partial charge in [0.1, 0.15) is 13.2 Å². The molecule has 0 saturated heterocycles. The quantitative estimate of drug-likeness (QED) is 0.0199. The van der Waals surface area contributed by atoms with E-state index in [4.69, 9.17) is 14.2 Å². The highest BCUT2D eigenvalue weighted by molar-refractivity contribution is 5.71. The third-order valence-corrected chi connectivity index (χ3v) is 11.3. The van der Waals surface area contributed by atoms with E-state index in [1.54, 1.807) is 0 Å². The Morgan fingerprint density at radius 1 is 0.355 bits per heavy atom. The van der Waals surface area contributed by atoms with Gasteiger partial charge in [0.25, 0.3) is 0 Å². The Hall–Kier alpha value is -2.89. The fraction of sp³-hybridized carbons (Fsp3) is 0.768. The van der Waals surface area contributed by atoms with E-state index in [0.29, 0.717) is 19.3 Å². The molecule has 62 heavy (non-hydrogen) atoms. The summed E-state index contributed by atoms with van der Waals surface area (Å²) in [7, 11) is 0. The SMILES string of the molecule is CC/C=C\C/C=C\CCCCC(=O)OCC(COC(=O)CCCCCCC/C=C\C=C/CCCCCCCCC)OC(=O)CCCCCCCCC/C=C\CCCCCCCC. The minimum atomic E-state index is -0.794. The highest BCUT2D eigenvalue weighted by Crippen LogP contribution is 2.14. The number of esters is 3. The fourth-order valence-corrected chi connectivity index (χ4v) is 7.29. The molecule has 0 aliphatic carbocycles. The lowest BCUT2D eigenvalue weighted by atomic mass is 10.1. The largest absolute Gasteiger partial charge is 0.462 e. The smallest absolute Gasteiger partial charge is 0.306 e. The van der Waals surface area contributed by atoms with Crippen LogP contribution < -0.4 is 0 Å². The summed E-state index contributed by atoms with van der Waals surface area (Å²) in [5.41, 5.74) is 0. The number of rotatable bonds is 47. The van der Waals surface area contributed by atoms with Gasteiger partial charge in [0, 0.05) is 19.3 Å². The molecular formula is C56H98O6. The molecule has 0 fully saturated rings. The zero-order valence-electron chi connectivity index (χ0n) is 40.9. The first-order valence-electron chi connectivity index (χ1n) is 26.3. The summed E-state index contributed by atoms with van der Waals surface area (Å²) in [4.78, 5) is 37.9. The molecule has 0 heterocycles. The highest BCUT2D eigenvalue weighted by Gasteiger charge is 2.19. The standard InChI is InChI=1S/C56H98O6/c1-4-7-10-13-16-19-21-23-25-27-29-30-32-34-37-40-43-46-49-55(58)61-52-53(51-60-54(57)48-45-42-39-36-18-15-12-9-6-3)62-56(59)50-47-44-41-38-35-33-31-28-26-24-22-20-17-14-11-8-5-2/h9,12,18,24-27,29-30,36,53H,4-8,10-11,13-17,19-23,28,31-35,37-52H2,1-3H3/b12-9-,26-24-,27-25-,30-29-,36-18-. The maximum Gasteiger partial charge on any atom is 0.306 e. The Morgan fingerprint density at radius 2 is 0.677 bits per heavy atom. The van der Waals surface area contributed by atoms with Crippen LogP contribution in [0.4, 0.5) is 0 Å². The lowest BCUT2D eigenvalue weighted by Crippen LogP contribution is -2.30. The summed E-state index contributed by atoms with van der Waals surface area (Å²) in [6, 6.07) is 0. The van der Waals surface area contributed by atoms with Crippen molar-refractivity contribution in [3.8, 4) is 0 Å². The molecule has 6 nitrogen and oxygen atoms in total. The monoisotopic (exact) mass is 867 g/mol. The molecular weight excluding hydrogens is 769 g/mol. The molecule has 0 radical (unpaired) electrons. The number of hydrogen-bond donors (Lipinski definition) is 0. The van der Waals surface area contributed by atoms with Gasteiger partial charge in [-0.3, -0.25) is 14.4 Å². The molecule has 0 aromatic rings. The van der Waals surface area contributed by atoms with Crippen molar-refractivity contribution in [2.45, 2.75) is 264 Å². The van der Waals surface area contributed by atoms with Crippen molar-refractivity contribution in [3.63, 3.8) is 0 Å². The minimum absolute atomic E-state index is 0.0941. The first kappa shape index (κ1) is 59.1. The van der Waals surface area contributed by atoms with E-state index in [9.17, 15) is 14.4 Å². The van der Waals surface area contributed by atoms with E-state index < -0.39 is 6.10 Å². The predicted octanol–water partition coefficient (Wildman–Crippen LogP) is 17.3. The summed E-state index contributed by atoms with van der Waals surface area (Å²) >= 11 is 0. The molecule has 0 rings (SSSR count). The minimum Gasteiger partial charge on any atom is -0.462 e. The zero-order chi connectivity index (χ0) is 45.1. The number of allylic oxidation sites excluding steroid dienone is 10. The van der Waals surface area contributed by atoms with Gasteiger partial charge < -0.3 is 14.2 Å². The number of ether oxygens (including phenoxy) is 3. The molecule has 0 aromatic carbocycles. The molecule has 1 unspecified atom stereocenters. The summed E-state index contributed by atoms with van der Waals surface area (Å²) in [6.45, 7) is 6.47. The van der Waals surface area contributed by atoms with E-state index in [-0.39, 0.29) is 31.1 Å². The van der Waals surface area contributed by atoms with Crippen molar-refractivity contribution in [1.29, 1.82) is 0 Å². The normalized spacial score (nSPS) is 12.5. The molecule has 1 atom stereocenters. The van der Waals surface area contributed by atoms with Crippen molar-refractivity contribution < 1.29 is 28.6 Å². The van der Waals surface area contributed by atoms with Gasteiger partial charge in [0.2, 0.25) is 0 Å². The van der Waals surface area contributed by atoms with Crippen LogP contribution in [-0.4, -0.2) is 37.2 Å². The van der Waals surface area contributed by atoms with Gasteiger partial charge in [-0.25, -0.2) is 0 Å².